The van der Waals surface area contributed by atoms with Gasteiger partial charge in [0.15, 0.2) is 0 Å². The number of nitrogens with one attached hydrogen (secondary N) is 1. The summed E-state index contributed by atoms with van der Waals surface area (Å²) >= 11 is 3.49. The number of aryl methyl sites for hydroxylation is 2. The largest absolute Gasteiger partial charge is 0.368 e. The topological polar surface area (TPSA) is 38.3 Å². The Labute approximate surface area is 116 Å². The third-order valence-electron chi connectivity index (χ3n) is 3.33. The van der Waals surface area contributed by atoms with E-state index in [0.717, 1.165) is 22.1 Å². The molecule has 2 unspecified atom stereocenters. The Morgan fingerprint density at radius 3 is 2.72 bits per heavy atom. The van der Waals surface area contributed by atoms with Crippen LogP contribution >= 0.6 is 15.9 Å². The average molecular weight is 312 g/mol. The molecule has 2 atom stereocenters. The molecule has 0 aliphatic carbocycles. The molecule has 1 aromatic rings. The third-order valence-corrected chi connectivity index (χ3v) is 3.95. The second-order valence-electron chi connectivity index (χ2n) is 4.99. The van der Waals surface area contributed by atoms with Crippen LogP contribution in [0, 0.1) is 19.8 Å². The van der Waals surface area contributed by atoms with Gasteiger partial charge in [-0.25, -0.2) is 0 Å². The van der Waals surface area contributed by atoms with Crippen LogP contribution in [0.5, 0.6) is 0 Å². The van der Waals surface area contributed by atoms with Gasteiger partial charge in [0.05, 0.1) is 5.69 Å². The van der Waals surface area contributed by atoms with Crippen molar-refractivity contribution in [3.05, 3.63) is 27.7 Å². The normalized spacial score (nSPS) is 23.1. The summed E-state index contributed by atoms with van der Waals surface area (Å²) in [6, 6.07) is 4.06. The molecule has 0 bridgehead atoms. The maximum atomic E-state index is 12.2. The smallest absolute Gasteiger partial charge is 0.253 e. The van der Waals surface area contributed by atoms with Gasteiger partial charge in [-0.15, -0.1) is 0 Å². The van der Waals surface area contributed by atoms with Crippen molar-refractivity contribution in [2.24, 2.45) is 5.92 Å². The molecule has 4 heteroatoms. The summed E-state index contributed by atoms with van der Waals surface area (Å²) in [5.41, 5.74) is 3.07. The summed E-state index contributed by atoms with van der Waals surface area (Å²) in [6.07, 6.45) is 0.629. The lowest BCUT2D eigenvalue weighted by Gasteiger charge is -2.17. The number of rotatable bonds is 2. The fraction of sp³-hybridized carbons (Fsp3) is 0.500. The van der Waals surface area contributed by atoms with Crippen LogP contribution in [-0.4, -0.2) is 18.6 Å². The first-order valence-corrected chi connectivity index (χ1v) is 6.97. The van der Waals surface area contributed by atoms with E-state index in [1.165, 1.54) is 5.56 Å². The van der Waals surface area contributed by atoms with Crippen molar-refractivity contribution in [3.8, 4) is 0 Å². The number of benzene rings is 1. The molecule has 1 fully saturated rings. The maximum Gasteiger partial charge on any atom is 0.253 e. The van der Waals surface area contributed by atoms with Crippen molar-refractivity contribution in [1.82, 2.24) is 0 Å². The number of carbonyl (C=O) groups excluding carboxylic acids is 1. The molecular formula is C14H18BrNO2. The summed E-state index contributed by atoms with van der Waals surface area (Å²) in [7, 11) is 0. The van der Waals surface area contributed by atoms with E-state index in [9.17, 15) is 4.79 Å². The fourth-order valence-electron chi connectivity index (χ4n) is 2.30. The molecule has 3 nitrogen and oxygen atoms in total. The van der Waals surface area contributed by atoms with Crippen LogP contribution in [0.2, 0.25) is 0 Å². The number of carbonyl (C=O) groups is 1. The summed E-state index contributed by atoms with van der Waals surface area (Å²) in [4.78, 5) is 12.2. The van der Waals surface area contributed by atoms with E-state index < -0.39 is 0 Å². The zero-order chi connectivity index (χ0) is 13.3. The summed E-state index contributed by atoms with van der Waals surface area (Å²) in [5.74, 6) is 0.238. The standard InChI is InChI=1S/C14H18BrNO2/c1-8-6-10(3)12(11(15)7-8)16-14(17)13-9(2)4-5-18-13/h6-7,9,13H,4-5H2,1-3H3,(H,16,17). The van der Waals surface area contributed by atoms with Crippen LogP contribution < -0.4 is 5.32 Å². The Morgan fingerprint density at radius 2 is 2.17 bits per heavy atom. The quantitative estimate of drug-likeness (QED) is 0.908. The molecule has 1 N–H and O–H groups in total. The molecule has 0 spiro atoms. The molecule has 1 aliphatic heterocycles. The van der Waals surface area contributed by atoms with Crippen molar-refractivity contribution in [3.63, 3.8) is 0 Å². The zero-order valence-electron chi connectivity index (χ0n) is 10.9. The minimum absolute atomic E-state index is 0.0485. The second kappa shape index (κ2) is 5.41. The molecule has 1 aromatic carbocycles. The first kappa shape index (κ1) is 13.6. The molecule has 1 heterocycles. The lowest BCUT2D eigenvalue weighted by Crippen LogP contribution is -2.31. The van der Waals surface area contributed by atoms with E-state index in [2.05, 4.69) is 27.3 Å². The first-order valence-electron chi connectivity index (χ1n) is 6.18. The van der Waals surface area contributed by atoms with E-state index in [1.807, 2.05) is 26.8 Å². The highest BCUT2D eigenvalue weighted by Crippen LogP contribution is 2.29. The zero-order valence-corrected chi connectivity index (χ0v) is 12.5. The van der Waals surface area contributed by atoms with E-state index in [4.69, 9.17) is 4.74 Å². The molecule has 18 heavy (non-hydrogen) atoms. The van der Waals surface area contributed by atoms with Crippen molar-refractivity contribution in [2.75, 3.05) is 11.9 Å². The van der Waals surface area contributed by atoms with Crippen molar-refractivity contribution in [2.45, 2.75) is 33.3 Å². The highest BCUT2D eigenvalue weighted by Gasteiger charge is 2.31. The fourth-order valence-corrected chi connectivity index (χ4v) is 3.07. The Kier molecular flexibility index (Phi) is 4.07. The highest BCUT2D eigenvalue weighted by atomic mass is 79.9. The van der Waals surface area contributed by atoms with Crippen LogP contribution in [0.1, 0.15) is 24.5 Å². The van der Waals surface area contributed by atoms with Crippen molar-refractivity contribution >= 4 is 27.5 Å². The molecule has 98 valence electrons. The van der Waals surface area contributed by atoms with E-state index >= 15 is 0 Å². The van der Waals surface area contributed by atoms with Gasteiger partial charge in [0.2, 0.25) is 0 Å². The lowest BCUT2D eigenvalue weighted by atomic mass is 10.0. The molecule has 0 saturated carbocycles. The summed E-state index contributed by atoms with van der Waals surface area (Å²) in [5, 5.41) is 2.97. The van der Waals surface area contributed by atoms with Gasteiger partial charge < -0.3 is 10.1 Å². The molecule has 0 aromatic heterocycles. The average Bonchev–Trinajstić information content (AvgIpc) is 2.69. The van der Waals surface area contributed by atoms with Crippen LogP contribution in [0.15, 0.2) is 16.6 Å². The van der Waals surface area contributed by atoms with Gasteiger partial charge >= 0.3 is 0 Å². The predicted octanol–water partition coefficient (Wildman–Crippen LogP) is 3.43. The Morgan fingerprint density at radius 1 is 1.44 bits per heavy atom. The van der Waals surface area contributed by atoms with Gasteiger partial charge in [0.25, 0.3) is 5.91 Å². The minimum Gasteiger partial charge on any atom is -0.368 e. The van der Waals surface area contributed by atoms with E-state index in [-0.39, 0.29) is 17.9 Å². The molecule has 0 radical (unpaired) electrons. The van der Waals surface area contributed by atoms with Gasteiger partial charge in [-0.1, -0.05) is 13.0 Å². The summed E-state index contributed by atoms with van der Waals surface area (Å²) < 4.78 is 6.39. The summed E-state index contributed by atoms with van der Waals surface area (Å²) in [6.45, 7) is 6.75. The van der Waals surface area contributed by atoms with Gasteiger partial charge in [0, 0.05) is 11.1 Å². The number of hydrogen-bond donors (Lipinski definition) is 1. The van der Waals surface area contributed by atoms with E-state index in [1.54, 1.807) is 0 Å². The van der Waals surface area contributed by atoms with Crippen LogP contribution in [-0.2, 0) is 9.53 Å². The number of amides is 1. The van der Waals surface area contributed by atoms with Gasteiger partial charge in [-0.05, 0) is 59.3 Å². The van der Waals surface area contributed by atoms with Crippen LogP contribution in [0.3, 0.4) is 0 Å². The third kappa shape index (κ3) is 2.75. The second-order valence-corrected chi connectivity index (χ2v) is 5.84. The predicted molar refractivity (Wildman–Crippen MR) is 75.8 cm³/mol. The Hall–Kier alpha value is -0.870. The Balaban J connectivity index is 2.17. The Bertz CT molecular complexity index is 450. The van der Waals surface area contributed by atoms with E-state index in [0.29, 0.717) is 6.61 Å². The number of anilines is 1. The van der Waals surface area contributed by atoms with Gasteiger partial charge in [-0.3, -0.25) is 4.79 Å². The molecule has 1 amide bonds. The van der Waals surface area contributed by atoms with Crippen LogP contribution in [0.25, 0.3) is 0 Å². The van der Waals surface area contributed by atoms with Crippen LogP contribution in [0.4, 0.5) is 5.69 Å². The number of ether oxygens (including phenoxy) is 1. The SMILES string of the molecule is Cc1cc(C)c(NC(=O)C2OCCC2C)c(Br)c1. The van der Waals surface area contributed by atoms with Gasteiger partial charge in [-0.2, -0.15) is 0 Å². The van der Waals surface area contributed by atoms with Crippen molar-refractivity contribution in [1.29, 1.82) is 0 Å². The molecular weight excluding hydrogens is 294 g/mol. The lowest BCUT2D eigenvalue weighted by molar-refractivity contribution is -0.126. The monoisotopic (exact) mass is 311 g/mol. The highest BCUT2D eigenvalue weighted by molar-refractivity contribution is 9.10. The molecule has 1 aliphatic rings. The number of halogens is 1. The maximum absolute atomic E-state index is 12.2. The molecule has 1 saturated heterocycles. The first-order chi connectivity index (χ1) is 8.49. The molecule has 2 rings (SSSR count). The van der Waals surface area contributed by atoms with Gasteiger partial charge in [0.1, 0.15) is 6.10 Å². The van der Waals surface area contributed by atoms with Crippen molar-refractivity contribution < 1.29 is 9.53 Å². The number of hydrogen-bond acceptors (Lipinski definition) is 2. The minimum atomic E-state index is -0.322.